The van der Waals surface area contributed by atoms with Crippen LogP contribution in [0.5, 0.6) is 11.5 Å². The molecule has 12 heavy (non-hydrogen) atoms. The monoisotopic (exact) mass is 186 g/mol. The van der Waals surface area contributed by atoms with Gasteiger partial charge in [0.2, 0.25) is 0 Å². The summed E-state index contributed by atoms with van der Waals surface area (Å²) in [6.45, 7) is 2.68. The van der Waals surface area contributed by atoms with Crippen LogP contribution in [0.1, 0.15) is 13.3 Å². The van der Waals surface area contributed by atoms with E-state index >= 15 is 0 Å². The molecular formula is C9H11ClO2. The molecule has 0 unspecified atom stereocenters. The lowest BCUT2D eigenvalue weighted by atomic mass is 10.3. The van der Waals surface area contributed by atoms with Crippen molar-refractivity contribution in [3.05, 3.63) is 23.2 Å². The van der Waals surface area contributed by atoms with E-state index < -0.39 is 0 Å². The highest BCUT2D eigenvalue weighted by Gasteiger charge is 1.99. The molecule has 0 spiro atoms. The highest BCUT2D eigenvalue weighted by molar-refractivity contribution is 6.32. The molecule has 0 atom stereocenters. The summed E-state index contributed by atoms with van der Waals surface area (Å²) in [5.41, 5.74) is 0. The van der Waals surface area contributed by atoms with E-state index in [1.165, 1.54) is 6.07 Å². The molecule has 1 aromatic carbocycles. The Balaban J connectivity index is 2.69. The van der Waals surface area contributed by atoms with Crippen molar-refractivity contribution >= 4 is 11.6 Å². The molecule has 1 N–H and O–H groups in total. The topological polar surface area (TPSA) is 29.5 Å². The zero-order valence-corrected chi connectivity index (χ0v) is 7.64. The fraction of sp³-hybridized carbons (Fsp3) is 0.333. The lowest BCUT2D eigenvalue weighted by Crippen LogP contribution is -1.94. The van der Waals surface area contributed by atoms with Crippen molar-refractivity contribution < 1.29 is 9.84 Å². The van der Waals surface area contributed by atoms with Gasteiger partial charge in [0.1, 0.15) is 11.5 Å². The number of hydrogen-bond acceptors (Lipinski definition) is 2. The average Bonchev–Trinajstić information content (AvgIpc) is 2.07. The molecule has 2 nitrogen and oxygen atoms in total. The van der Waals surface area contributed by atoms with Gasteiger partial charge in [-0.25, -0.2) is 0 Å². The van der Waals surface area contributed by atoms with E-state index in [9.17, 15) is 5.11 Å². The zero-order chi connectivity index (χ0) is 8.97. The van der Waals surface area contributed by atoms with Crippen molar-refractivity contribution in [1.82, 2.24) is 0 Å². The molecule has 1 rings (SSSR count). The molecule has 66 valence electrons. The van der Waals surface area contributed by atoms with E-state index in [2.05, 4.69) is 0 Å². The smallest absolute Gasteiger partial charge is 0.137 e. The summed E-state index contributed by atoms with van der Waals surface area (Å²) in [5, 5.41) is 9.53. The molecule has 0 aliphatic carbocycles. The molecule has 0 bridgehead atoms. The van der Waals surface area contributed by atoms with Gasteiger partial charge in [-0.3, -0.25) is 0 Å². The van der Waals surface area contributed by atoms with Gasteiger partial charge in [-0.2, -0.15) is 0 Å². The summed E-state index contributed by atoms with van der Waals surface area (Å²) in [4.78, 5) is 0. The molecule has 0 aliphatic heterocycles. The maximum atomic E-state index is 9.19. The van der Waals surface area contributed by atoms with Gasteiger partial charge in [0.05, 0.1) is 11.6 Å². The van der Waals surface area contributed by atoms with Crippen LogP contribution in [0.2, 0.25) is 5.02 Å². The van der Waals surface area contributed by atoms with Crippen LogP contribution in [0.25, 0.3) is 0 Å². The van der Waals surface area contributed by atoms with Gasteiger partial charge in [-0.05, 0) is 18.6 Å². The standard InChI is InChI=1S/C9H11ClO2/c1-2-5-12-7-3-4-8(10)9(11)6-7/h3-4,6,11H,2,5H2,1H3. The van der Waals surface area contributed by atoms with Crippen molar-refractivity contribution in [2.75, 3.05) is 6.61 Å². The first kappa shape index (κ1) is 9.20. The van der Waals surface area contributed by atoms with Crippen LogP contribution in [0, 0.1) is 0 Å². The van der Waals surface area contributed by atoms with Gasteiger partial charge in [0, 0.05) is 6.07 Å². The molecule has 0 aliphatic rings. The van der Waals surface area contributed by atoms with Crippen molar-refractivity contribution in [1.29, 1.82) is 0 Å². The van der Waals surface area contributed by atoms with Crippen molar-refractivity contribution in [3.8, 4) is 11.5 Å². The van der Waals surface area contributed by atoms with Crippen LogP contribution < -0.4 is 4.74 Å². The van der Waals surface area contributed by atoms with E-state index in [0.29, 0.717) is 17.4 Å². The molecule has 0 saturated heterocycles. The highest BCUT2D eigenvalue weighted by Crippen LogP contribution is 2.27. The summed E-state index contributed by atoms with van der Waals surface area (Å²) in [5.74, 6) is 0.712. The van der Waals surface area contributed by atoms with Crippen molar-refractivity contribution in [2.24, 2.45) is 0 Å². The number of aromatic hydroxyl groups is 1. The lowest BCUT2D eigenvalue weighted by Gasteiger charge is -2.04. The van der Waals surface area contributed by atoms with Crippen LogP contribution in [-0.2, 0) is 0 Å². The largest absolute Gasteiger partial charge is 0.506 e. The van der Waals surface area contributed by atoms with Crippen LogP contribution in [0.15, 0.2) is 18.2 Å². The predicted molar refractivity (Wildman–Crippen MR) is 48.9 cm³/mol. The van der Waals surface area contributed by atoms with Crippen molar-refractivity contribution in [2.45, 2.75) is 13.3 Å². The number of hydrogen-bond donors (Lipinski definition) is 1. The van der Waals surface area contributed by atoms with Crippen LogP contribution in [-0.4, -0.2) is 11.7 Å². The normalized spacial score (nSPS) is 9.83. The summed E-state index contributed by atoms with van der Waals surface area (Å²) >= 11 is 5.61. The van der Waals surface area contributed by atoms with Gasteiger partial charge in [-0.15, -0.1) is 0 Å². The number of phenols is 1. The summed E-state index contributed by atoms with van der Waals surface area (Å²) in [6, 6.07) is 4.86. The fourth-order valence-electron chi connectivity index (χ4n) is 0.802. The first-order valence-electron chi connectivity index (χ1n) is 3.85. The molecule has 3 heteroatoms. The molecule has 0 fully saturated rings. The number of ether oxygens (including phenoxy) is 1. The Bertz CT molecular complexity index is 261. The van der Waals surface area contributed by atoms with E-state index in [4.69, 9.17) is 16.3 Å². The quantitative estimate of drug-likeness (QED) is 0.787. The number of rotatable bonds is 3. The molecule has 0 amide bonds. The third-order valence-corrected chi connectivity index (χ3v) is 1.71. The Morgan fingerprint density at radius 2 is 2.25 bits per heavy atom. The maximum absolute atomic E-state index is 9.19. The minimum Gasteiger partial charge on any atom is -0.506 e. The second-order valence-corrected chi connectivity index (χ2v) is 2.87. The second-order valence-electron chi connectivity index (χ2n) is 2.46. The first-order chi connectivity index (χ1) is 5.74. The van der Waals surface area contributed by atoms with E-state index in [0.717, 1.165) is 6.42 Å². The van der Waals surface area contributed by atoms with Crippen molar-refractivity contribution in [3.63, 3.8) is 0 Å². The molecule has 0 saturated carbocycles. The number of benzene rings is 1. The van der Waals surface area contributed by atoms with Gasteiger partial charge in [0.15, 0.2) is 0 Å². The van der Waals surface area contributed by atoms with Crippen LogP contribution >= 0.6 is 11.6 Å². The summed E-state index contributed by atoms with van der Waals surface area (Å²) < 4.78 is 5.27. The third kappa shape index (κ3) is 2.31. The number of halogens is 1. The minimum absolute atomic E-state index is 0.0604. The Kier molecular flexibility index (Phi) is 3.23. The zero-order valence-electron chi connectivity index (χ0n) is 6.88. The van der Waals surface area contributed by atoms with Crippen LogP contribution in [0.4, 0.5) is 0 Å². The number of phenolic OH excluding ortho intramolecular Hbond substituents is 1. The predicted octanol–water partition coefficient (Wildman–Crippen LogP) is 2.83. The minimum atomic E-state index is 0.0604. The summed E-state index contributed by atoms with van der Waals surface area (Å²) in [7, 11) is 0. The van der Waals surface area contributed by atoms with E-state index in [1.54, 1.807) is 12.1 Å². The summed E-state index contributed by atoms with van der Waals surface area (Å²) in [6.07, 6.45) is 0.948. The Morgan fingerprint density at radius 1 is 1.50 bits per heavy atom. The fourth-order valence-corrected chi connectivity index (χ4v) is 0.920. The van der Waals surface area contributed by atoms with Gasteiger partial charge < -0.3 is 9.84 Å². The Labute approximate surface area is 76.7 Å². The molecule has 0 radical (unpaired) electrons. The first-order valence-corrected chi connectivity index (χ1v) is 4.23. The SMILES string of the molecule is CCCOc1ccc(Cl)c(O)c1. The molecular weight excluding hydrogens is 176 g/mol. The third-order valence-electron chi connectivity index (χ3n) is 1.39. The molecule has 1 aromatic rings. The van der Waals surface area contributed by atoms with Gasteiger partial charge >= 0.3 is 0 Å². The van der Waals surface area contributed by atoms with Crippen LogP contribution in [0.3, 0.4) is 0 Å². The molecule has 0 heterocycles. The second kappa shape index (κ2) is 4.21. The average molecular weight is 187 g/mol. The molecule has 0 aromatic heterocycles. The van der Waals surface area contributed by atoms with E-state index in [1.807, 2.05) is 6.92 Å². The Morgan fingerprint density at radius 3 is 2.83 bits per heavy atom. The highest BCUT2D eigenvalue weighted by atomic mass is 35.5. The maximum Gasteiger partial charge on any atom is 0.137 e. The Hall–Kier alpha value is -0.890. The lowest BCUT2D eigenvalue weighted by molar-refractivity contribution is 0.315. The van der Waals surface area contributed by atoms with Gasteiger partial charge in [-0.1, -0.05) is 18.5 Å². The van der Waals surface area contributed by atoms with E-state index in [-0.39, 0.29) is 5.75 Å². The van der Waals surface area contributed by atoms with Gasteiger partial charge in [0.25, 0.3) is 0 Å².